The molecule has 0 radical (unpaired) electrons. The lowest BCUT2D eigenvalue weighted by atomic mass is 10.0. The van der Waals surface area contributed by atoms with Crippen molar-refractivity contribution in [1.29, 1.82) is 5.26 Å². The molecular weight excluding hydrogens is 398 g/mol. The molecule has 5 nitrogen and oxygen atoms in total. The standard InChI is InChI=1S/C24H16ClN3O2/c25-21-5-6-22-20(11-19(13-26)17-1-3-18(4-2-17)24(29)30)15-28(23(22)12-21)14-16-7-9-27-10-8-16/h1-12,15H,14H2,(H,29,30). The smallest absolute Gasteiger partial charge is 0.335 e. The topological polar surface area (TPSA) is 78.9 Å². The lowest BCUT2D eigenvalue weighted by Crippen LogP contribution is -1.97. The minimum absolute atomic E-state index is 0.180. The van der Waals surface area contributed by atoms with Crippen LogP contribution in [0.1, 0.15) is 27.0 Å². The zero-order chi connectivity index (χ0) is 21.1. The summed E-state index contributed by atoms with van der Waals surface area (Å²) in [7, 11) is 0. The summed E-state index contributed by atoms with van der Waals surface area (Å²) in [6, 6.07) is 18.1. The first-order valence-corrected chi connectivity index (χ1v) is 9.56. The lowest BCUT2D eigenvalue weighted by molar-refractivity contribution is 0.0697. The van der Waals surface area contributed by atoms with Crippen LogP contribution in [0.25, 0.3) is 22.6 Å². The van der Waals surface area contributed by atoms with E-state index in [1.165, 1.54) is 12.1 Å². The fourth-order valence-electron chi connectivity index (χ4n) is 3.35. The highest BCUT2D eigenvalue weighted by atomic mass is 35.5. The number of carboxylic acid groups (broad SMARTS) is 1. The van der Waals surface area contributed by atoms with Crippen LogP contribution < -0.4 is 0 Å². The van der Waals surface area contributed by atoms with Crippen molar-refractivity contribution in [3.63, 3.8) is 0 Å². The summed E-state index contributed by atoms with van der Waals surface area (Å²) in [6.45, 7) is 0.641. The molecular formula is C24H16ClN3O2. The maximum Gasteiger partial charge on any atom is 0.335 e. The predicted octanol–water partition coefficient (Wildman–Crippen LogP) is 5.50. The highest BCUT2D eigenvalue weighted by Crippen LogP contribution is 2.29. The van der Waals surface area contributed by atoms with Crippen molar-refractivity contribution < 1.29 is 9.90 Å². The van der Waals surface area contributed by atoms with Crippen LogP contribution in [0.4, 0.5) is 0 Å². The van der Waals surface area contributed by atoms with Gasteiger partial charge in [0.25, 0.3) is 0 Å². The predicted molar refractivity (Wildman–Crippen MR) is 117 cm³/mol. The van der Waals surface area contributed by atoms with E-state index < -0.39 is 5.97 Å². The second-order valence-electron chi connectivity index (χ2n) is 6.78. The molecule has 4 rings (SSSR count). The van der Waals surface area contributed by atoms with E-state index in [1.807, 2.05) is 42.6 Å². The Morgan fingerprint density at radius 3 is 2.47 bits per heavy atom. The lowest BCUT2D eigenvalue weighted by Gasteiger charge is -2.05. The first kappa shape index (κ1) is 19.4. The number of fused-ring (bicyclic) bond motifs is 1. The van der Waals surface area contributed by atoms with Crippen molar-refractivity contribution in [2.45, 2.75) is 6.54 Å². The number of aromatic carboxylic acids is 1. The van der Waals surface area contributed by atoms with Crippen molar-refractivity contribution >= 4 is 40.1 Å². The molecule has 2 aromatic heterocycles. The summed E-state index contributed by atoms with van der Waals surface area (Å²) < 4.78 is 2.09. The number of nitrogens with zero attached hydrogens (tertiary/aromatic N) is 3. The SMILES string of the molecule is N#CC(=Cc1cn(Cc2ccncc2)c2cc(Cl)ccc12)c1ccc(C(=O)O)cc1. The molecule has 30 heavy (non-hydrogen) atoms. The number of rotatable bonds is 5. The Hall–Kier alpha value is -3.88. The van der Waals surface area contributed by atoms with Crippen LogP contribution >= 0.6 is 11.6 Å². The van der Waals surface area contributed by atoms with Gasteiger partial charge in [-0.25, -0.2) is 4.79 Å². The van der Waals surface area contributed by atoms with Gasteiger partial charge in [-0.2, -0.15) is 5.26 Å². The van der Waals surface area contributed by atoms with Gasteiger partial charge >= 0.3 is 5.97 Å². The van der Waals surface area contributed by atoms with Crippen LogP contribution in [0.5, 0.6) is 0 Å². The molecule has 0 atom stereocenters. The van der Waals surface area contributed by atoms with Crippen LogP contribution in [-0.2, 0) is 6.54 Å². The first-order valence-electron chi connectivity index (χ1n) is 9.18. The largest absolute Gasteiger partial charge is 0.478 e. The van der Waals surface area contributed by atoms with Crippen LogP contribution in [-0.4, -0.2) is 20.6 Å². The molecule has 0 aliphatic heterocycles. The summed E-state index contributed by atoms with van der Waals surface area (Å²) in [6.07, 6.45) is 7.31. The highest BCUT2D eigenvalue weighted by molar-refractivity contribution is 6.31. The van der Waals surface area contributed by atoms with Gasteiger partial charge in [0.2, 0.25) is 0 Å². The van der Waals surface area contributed by atoms with Crippen LogP contribution in [0.2, 0.25) is 5.02 Å². The highest BCUT2D eigenvalue weighted by Gasteiger charge is 2.11. The third kappa shape index (κ3) is 3.95. The van der Waals surface area contributed by atoms with Crippen LogP contribution in [0.3, 0.4) is 0 Å². The van der Waals surface area contributed by atoms with Gasteiger partial charge in [-0.3, -0.25) is 4.98 Å². The molecule has 1 N–H and O–H groups in total. The van der Waals surface area contributed by atoms with Gasteiger partial charge in [0.1, 0.15) is 0 Å². The Labute approximate surface area is 178 Å². The molecule has 0 spiro atoms. The van der Waals surface area contributed by atoms with Gasteiger partial charge < -0.3 is 9.67 Å². The number of aromatic nitrogens is 2. The van der Waals surface area contributed by atoms with E-state index in [0.29, 0.717) is 22.7 Å². The second kappa shape index (κ2) is 8.24. The van der Waals surface area contributed by atoms with E-state index in [2.05, 4.69) is 15.6 Å². The minimum atomic E-state index is -1.000. The molecule has 0 amide bonds. The van der Waals surface area contributed by atoms with E-state index in [0.717, 1.165) is 22.0 Å². The average Bonchev–Trinajstić information content (AvgIpc) is 3.09. The average molecular weight is 414 g/mol. The molecule has 2 aromatic carbocycles. The summed E-state index contributed by atoms with van der Waals surface area (Å²) in [5, 5.41) is 20.4. The molecule has 0 unspecified atom stereocenters. The van der Waals surface area contributed by atoms with Gasteiger partial charge in [0.15, 0.2) is 0 Å². The maximum atomic E-state index is 11.1. The summed E-state index contributed by atoms with van der Waals surface area (Å²) in [5.41, 5.74) is 4.23. The van der Waals surface area contributed by atoms with Crippen molar-refractivity contribution in [2.24, 2.45) is 0 Å². The molecule has 0 saturated carbocycles. The molecule has 4 aromatic rings. The fourth-order valence-corrected chi connectivity index (χ4v) is 3.52. The Bertz CT molecular complexity index is 1300. The molecule has 0 aliphatic rings. The Morgan fingerprint density at radius 1 is 1.10 bits per heavy atom. The van der Waals surface area contributed by atoms with Crippen molar-refractivity contribution in [3.8, 4) is 6.07 Å². The second-order valence-corrected chi connectivity index (χ2v) is 7.22. The number of benzene rings is 2. The quantitative estimate of drug-likeness (QED) is 0.438. The Kier molecular flexibility index (Phi) is 5.34. The minimum Gasteiger partial charge on any atom is -0.478 e. The number of hydrogen-bond acceptors (Lipinski definition) is 3. The molecule has 0 bridgehead atoms. The molecule has 146 valence electrons. The van der Waals surface area contributed by atoms with E-state index in [4.69, 9.17) is 16.7 Å². The van der Waals surface area contributed by atoms with E-state index in [9.17, 15) is 10.1 Å². The van der Waals surface area contributed by atoms with Gasteiger partial charge in [0.05, 0.1) is 22.7 Å². The number of nitriles is 1. The number of carbonyl (C=O) groups is 1. The van der Waals surface area contributed by atoms with Gasteiger partial charge in [-0.15, -0.1) is 0 Å². The zero-order valence-corrected chi connectivity index (χ0v) is 16.5. The van der Waals surface area contributed by atoms with E-state index in [1.54, 1.807) is 24.5 Å². The molecule has 0 saturated heterocycles. The van der Waals surface area contributed by atoms with Gasteiger partial charge in [-0.1, -0.05) is 29.8 Å². The molecule has 6 heteroatoms. The Morgan fingerprint density at radius 2 is 1.80 bits per heavy atom. The maximum absolute atomic E-state index is 11.1. The monoisotopic (exact) mass is 413 g/mol. The van der Waals surface area contributed by atoms with Crippen LogP contribution in [0, 0.1) is 11.3 Å². The Balaban J connectivity index is 1.79. The van der Waals surface area contributed by atoms with E-state index >= 15 is 0 Å². The number of hydrogen-bond donors (Lipinski definition) is 1. The number of halogens is 1. The van der Waals surface area contributed by atoms with Gasteiger partial charge in [-0.05, 0) is 53.6 Å². The van der Waals surface area contributed by atoms with Crippen molar-refractivity contribution in [1.82, 2.24) is 9.55 Å². The first-order chi connectivity index (χ1) is 14.5. The van der Waals surface area contributed by atoms with Crippen LogP contribution in [0.15, 0.2) is 73.2 Å². The number of allylic oxidation sites excluding steroid dienone is 1. The zero-order valence-electron chi connectivity index (χ0n) is 15.8. The third-order valence-electron chi connectivity index (χ3n) is 4.84. The van der Waals surface area contributed by atoms with Crippen molar-refractivity contribution in [2.75, 3.05) is 0 Å². The third-order valence-corrected chi connectivity index (χ3v) is 5.08. The van der Waals surface area contributed by atoms with Gasteiger partial charge in [0, 0.05) is 41.1 Å². The molecule has 0 fully saturated rings. The van der Waals surface area contributed by atoms with Crippen molar-refractivity contribution in [3.05, 3.63) is 100 Å². The summed E-state index contributed by atoms with van der Waals surface area (Å²) >= 11 is 6.23. The number of carboxylic acids is 1. The summed E-state index contributed by atoms with van der Waals surface area (Å²) in [5.74, 6) is -1.000. The fraction of sp³-hybridized carbons (Fsp3) is 0.0417. The van der Waals surface area contributed by atoms with E-state index in [-0.39, 0.29) is 5.56 Å². The summed E-state index contributed by atoms with van der Waals surface area (Å²) in [4.78, 5) is 15.1. The normalized spacial score (nSPS) is 11.4. The molecule has 0 aliphatic carbocycles. The molecule has 2 heterocycles. The number of pyridine rings is 1.